The largest absolute Gasteiger partial charge is 0.351 e. The van der Waals surface area contributed by atoms with Crippen LogP contribution in [-0.4, -0.2) is 45.5 Å². The lowest BCUT2D eigenvalue weighted by molar-refractivity contribution is -0.117. The number of aromatic nitrogens is 3. The van der Waals surface area contributed by atoms with E-state index in [1.165, 1.54) is 18.1 Å². The number of nitrogens with one attached hydrogen (secondary N) is 4. The third-order valence-electron chi connectivity index (χ3n) is 2.75. The Morgan fingerprint density at radius 1 is 1.55 bits per heavy atom. The van der Waals surface area contributed by atoms with Crippen molar-refractivity contribution in [2.75, 3.05) is 12.3 Å². The monoisotopic (exact) mass is 296 g/mol. The van der Waals surface area contributed by atoms with Gasteiger partial charge in [-0.05, 0) is 13.8 Å². The summed E-state index contributed by atoms with van der Waals surface area (Å²) in [6.45, 7) is 4.00. The van der Waals surface area contributed by atoms with Crippen LogP contribution in [-0.2, 0) is 4.79 Å². The second-order valence-electron chi connectivity index (χ2n) is 4.25. The first-order chi connectivity index (χ1) is 9.58. The number of nitrogens with zero attached hydrogens (tertiary/aromatic N) is 2. The SMILES string of the molecule is CC1=C(C(=O)NCCSc2ncn[nH]2)[C@@H](C)NC(=O)N1. The van der Waals surface area contributed by atoms with Crippen molar-refractivity contribution in [3.63, 3.8) is 0 Å². The molecule has 1 aromatic heterocycles. The zero-order valence-electron chi connectivity index (χ0n) is 11.2. The summed E-state index contributed by atoms with van der Waals surface area (Å²) in [4.78, 5) is 27.3. The van der Waals surface area contributed by atoms with Gasteiger partial charge in [-0.25, -0.2) is 9.78 Å². The highest BCUT2D eigenvalue weighted by molar-refractivity contribution is 7.99. The molecule has 3 amide bonds. The molecule has 1 aliphatic heterocycles. The molecule has 4 N–H and O–H groups in total. The fourth-order valence-electron chi connectivity index (χ4n) is 1.91. The number of aromatic amines is 1. The Morgan fingerprint density at radius 2 is 2.35 bits per heavy atom. The van der Waals surface area contributed by atoms with Crippen molar-refractivity contribution in [3.8, 4) is 0 Å². The topological polar surface area (TPSA) is 112 Å². The molecular weight excluding hydrogens is 280 g/mol. The maximum Gasteiger partial charge on any atom is 0.319 e. The summed E-state index contributed by atoms with van der Waals surface area (Å²) >= 11 is 1.47. The highest BCUT2D eigenvalue weighted by atomic mass is 32.2. The molecule has 0 saturated carbocycles. The minimum Gasteiger partial charge on any atom is -0.351 e. The number of allylic oxidation sites excluding steroid dienone is 1. The van der Waals surface area contributed by atoms with Gasteiger partial charge in [0.25, 0.3) is 5.91 Å². The van der Waals surface area contributed by atoms with Crippen LogP contribution >= 0.6 is 11.8 Å². The summed E-state index contributed by atoms with van der Waals surface area (Å²) in [7, 11) is 0. The molecule has 108 valence electrons. The third kappa shape index (κ3) is 3.50. The van der Waals surface area contributed by atoms with Crippen LogP contribution in [0.1, 0.15) is 13.8 Å². The summed E-state index contributed by atoms with van der Waals surface area (Å²) in [5, 5.41) is 15.3. The van der Waals surface area contributed by atoms with Crippen molar-refractivity contribution < 1.29 is 9.59 Å². The number of urea groups is 1. The van der Waals surface area contributed by atoms with Gasteiger partial charge in [-0.15, -0.1) is 0 Å². The lowest BCUT2D eigenvalue weighted by Crippen LogP contribution is -2.50. The molecule has 0 aliphatic carbocycles. The Hall–Kier alpha value is -2.03. The maximum absolute atomic E-state index is 12.1. The first kappa shape index (κ1) is 14.4. The minimum atomic E-state index is -0.300. The Kier molecular flexibility index (Phi) is 4.61. The zero-order valence-corrected chi connectivity index (χ0v) is 12.0. The van der Waals surface area contributed by atoms with Gasteiger partial charge in [0.15, 0.2) is 5.16 Å². The predicted molar refractivity (Wildman–Crippen MR) is 73.9 cm³/mol. The van der Waals surface area contributed by atoms with Gasteiger partial charge >= 0.3 is 6.03 Å². The van der Waals surface area contributed by atoms with Crippen LogP contribution in [0.15, 0.2) is 22.8 Å². The van der Waals surface area contributed by atoms with E-state index in [2.05, 4.69) is 31.1 Å². The lowest BCUT2D eigenvalue weighted by atomic mass is 10.0. The molecule has 20 heavy (non-hydrogen) atoms. The predicted octanol–water partition coefficient (Wildman–Crippen LogP) is -0.0117. The van der Waals surface area contributed by atoms with Crippen LogP contribution < -0.4 is 16.0 Å². The highest BCUT2D eigenvalue weighted by Gasteiger charge is 2.26. The number of amides is 3. The van der Waals surface area contributed by atoms with E-state index in [0.29, 0.717) is 23.6 Å². The van der Waals surface area contributed by atoms with E-state index in [1.807, 2.05) is 0 Å². The van der Waals surface area contributed by atoms with E-state index in [1.54, 1.807) is 13.8 Å². The Morgan fingerprint density at radius 3 is 3.00 bits per heavy atom. The van der Waals surface area contributed by atoms with Crippen LogP contribution in [0.25, 0.3) is 0 Å². The minimum absolute atomic E-state index is 0.180. The van der Waals surface area contributed by atoms with Crippen molar-refractivity contribution in [1.29, 1.82) is 0 Å². The van der Waals surface area contributed by atoms with Crippen LogP contribution in [0.4, 0.5) is 4.79 Å². The number of carbonyl (C=O) groups excluding carboxylic acids is 2. The van der Waals surface area contributed by atoms with Crippen LogP contribution in [0.5, 0.6) is 0 Å². The first-order valence-electron chi connectivity index (χ1n) is 6.12. The normalized spacial score (nSPS) is 18.5. The molecule has 1 atom stereocenters. The molecule has 9 heteroatoms. The van der Waals surface area contributed by atoms with Gasteiger partial charge in [0, 0.05) is 18.0 Å². The Labute approximate surface area is 120 Å². The van der Waals surface area contributed by atoms with Gasteiger partial charge in [-0.2, -0.15) is 5.10 Å². The van der Waals surface area contributed by atoms with Crippen molar-refractivity contribution in [3.05, 3.63) is 17.6 Å². The fourth-order valence-corrected chi connectivity index (χ4v) is 2.54. The number of hydrogen-bond acceptors (Lipinski definition) is 5. The molecule has 0 bridgehead atoms. The van der Waals surface area contributed by atoms with Crippen molar-refractivity contribution in [1.82, 2.24) is 31.1 Å². The molecule has 0 saturated heterocycles. The Balaban J connectivity index is 1.82. The van der Waals surface area contributed by atoms with E-state index >= 15 is 0 Å². The van der Waals surface area contributed by atoms with E-state index < -0.39 is 0 Å². The molecule has 0 fully saturated rings. The third-order valence-corrected chi connectivity index (χ3v) is 3.63. The number of thioether (sulfide) groups is 1. The summed E-state index contributed by atoms with van der Waals surface area (Å²) < 4.78 is 0. The zero-order chi connectivity index (χ0) is 14.5. The van der Waals surface area contributed by atoms with Crippen LogP contribution in [0.2, 0.25) is 0 Å². The molecule has 0 unspecified atom stereocenters. The van der Waals surface area contributed by atoms with Gasteiger partial charge in [-0.1, -0.05) is 11.8 Å². The molecule has 8 nitrogen and oxygen atoms in total. The number of rotatable bonds is 5. The molecule has 0 radical (unpaired) electrons. The standard InChI is InChI=1S/C11H16N6O2S/c1-6-8(7(2)16-10(19)15-6)9(18)12-3-4-20-11-13-5-14-17-11/h5-6H,3-4H2,1-2H3,(H,12,18)(H,13,14,17)(H2,15,16,19)/t6-/m1/s1. The fraction of sp³-hybridized carbons (Fsp3) is 0.455. The quantitative estimate of drug-likeness (QED) is 0.451. The molecular formula is C11H16N6O2S. The molecule has 1 aliphatic rings. The number of carbonyl (C=O) groups is 2. The summed E-state index contributed by atoms with van der Waals surface area (Å²) in [5.74, 6) is 0.502. The van der Waals surface area contributed by atoms with Gasteiger partial charge in [0.05, 0.1) is 11.6 Å². The Bertz CT molecular complexity index is 527. The van der Waals surface area contributed by atoms with Crippen molar-refractivity contribution in [2.45, 2.75) is 25.0 Å². The smallest absolute Gasteiger partial charge is 0.319 e. The molecule has 2 rings (SSSR count). The average molecular weight is 296 g/mol. The van der Waals surface area contributed by atoms with Crippen LogP contribution in [0.3, 0.4) is 0 Å². The summed E-state index contributed by atoms with van der Waals surface area (Å²) in [6, 6.07) is -0.585. The number of H-pyrrole nitrogens is 1. The molecule has 0 aromatic carbocycles. The van der Waals surface area contributed by atoms with Crippen LogP contribution in [0, 0.1) is 0 Å². The average Bonchev–Trinajstić information content (AvgIpc) is 2.86. The van der Waals surface area contributed by atoms with Crippen molar-refractivity contribution in [2.24, 2.45) is 0 Å². The molecule has 1 aromatic rings. The second-order valence-corrected chi connectivity index (χ2v) is 5.34. The maximum atomic E-state index is 12.1. The van der Waals surface area contributed by atoms with E-state index in [9.17, 15) is 9.59 Å². The molecule has 2 heterocycles. The molecule has 0 spiro atoms. The van der Waals surface area contributed by atoms with Gasteiger partial charge in [0.1, 0.15) is 6.33 Å². The van der Waals surface area contributed by atoms with E-state index in [4.69, 9.17) is 0 Å². The van der Waals surface area contributed by atoms with Gasteiger partial charge in [0.2, 0.25) is 0 Å². The second kappa shape index (κ2) is 6.42. The lowest BCUT2D eigenvalue weighted by Gasteiger charge is -2.25. The highest BCUT2D eigenvalue weighted by Crippen LogP contribution is 2.12. The van der Waals surface area contributed by atoms with Crippen molar-refractivity contribution >= 4 is 23.7 Å². The number of hydrogen-bond donors (Lipinski definition) is 4. The van der Waals surface area contributed by atoms with E-state index in [-0.39, 0.29) is 18.0 Å². The van der Waals surface area contributed by atoms with Gasteiger partial charge in [-0.3, -0.25) is 9.89 Å². The first-order valence-corrected chi connectivity index (χ1v) is 7.11. The summed E-state index contributed by atoms with van der Waals surface area (Å²) in [5.41, 5.74) is 1.14. The van der Waals surface area contributed by atoms with Gasteiger partial charge < -0.3 is 16.0 Å². The van der Waals surface area contributed by atoms with E-state index in [0.717, 1.165) is 5.16 Å². The summed E-state index contributed by atoms with van der Waals surface area (Å²) in [6.07, 6.45) is 1.44.